The average Bonchev–Trinajstić information content (AvgIpc) is 2.94. The van der Waals surface area contributed by atoms with Crippen molar-refractivity contribution in [3.8, 4) is 0 Å². The zero-order valence-corrected chi connectivity index (χ0v) is 14.5. The highest BCUT2D eigenvalue weighted by Gasteiger charge is 2.32. The summed E-state index contributed by atoms with van der Waals surface area (Å²) in [6, 6.07) is 5.75. The monoisotopic (exact) mass is 343 g/mol. The third-order valence-electron chi connectivity index (χ3n) is 5.51. The lowest BCUT2D eigenvalue weighted by atomic mass is 9.75. The van der Waals surface area contributed by atoms with Crippen molar-refractivity contribution in [3.05, 3.63) is 41.3 Å². The Kier molecular flexibility index (Phi) is 4.31. The van der Waals surface area contributed by atoms with Crippen LogP contribution >= 0.6 is 11.6 Å². The molecule has 24 heavy (non-hydrogen) atoms. The number of rotatable bonds is 2. The van der Waals surface area contributed by atoms with Crippen molar-refractivity contribution in [2.75, 3.05) is 13.1 Å². The first-order chi connectivity index (χ1) is 11.7. The molecular formula is C19H22ClN3O. The van der Waals surface area contributed by atoms with Crippen LogP contribution in [0.15, 0.2) is 30.5 Å². The SMILES string of the molecule is O=C(/C=C/c1c(Cl)nc2ccccn12)N1CC[C@@H]2CCCC[C@H]2C1. The van der Waals surface area contributed by atoms with Gasteiger partial charge in [0.1, 0.15) is 5.65 Å². The third kappa shape index (κ3) is 2.95. The van der Waals surface area contributed by atoms with Gasteiger partial charge in [0.15, 0.2) is 5.15 Å². The Bertz CT molecular complexity index is 782. The van der Waals surface area contributed by atoms with Gasteiger partial charge in [-0.2, -0.15) is 0 Å². The molecule has 3 heterocycles. The Morgan fingerprint density at radius 1 is 1.21 bits per heavy atom. The maximum Gasteiger partial charge on any atom is 0.246 e. The van der Waals surface area contributed by atoms with Crippen molar-refractivity contribution in [1.82, 2.24) is 14.3 Å². The summed E-state index contributed by atoms with van der Waals surface area (Å²) in [7, 11) is 0. The highest BCUT2D eigenvalue weighted by molar-refractivity contribution is 6.31. The van der Waals surface area contributed by atoms with Gasteiger partial charge in [-0.25, -0.2) is 4.98 Å². The van der Waals surface area contributed by atoms with Crippen LogP contribution in [-0.4, -0.2) is 33.3 Å². The molecule has 0 radical (unpaired) electrons. The zero-order chi connectivity index (χ0) is 16.5. The number of carbonyl (C=O) groups excluding carboxylic acids is 1. The second-order valence-electron chi connectivity index (χ2n) is 6.93. The van der Waals surface area contributed by atoms with Gasteiger partial charge in [0.05, 0.1) is 5.69 Å². The van der Waals surface area contributed by atoms with Gasteiger partial charge in [0, 0.05) is 25.4 Å². The van der Waals surface area contributed by atoms with E-state index in [4.69, 9.17) is 11.6 Å². The van der Waals surface area contributed by atoms with Crippen molar-refractivity contribution >= 4 is 29.2 Å². The summed E-state index contributed by atoms with van der Waals surface area (Å²) in [4.78, 5) is 18.9. The van der Waals surface area contributed by atoms with Crippen LogP contribution < -0.4 is 0 Å². The molecule has 1 saturated carbocycles. The predicted molar refractivity (Wildman–Crippen MR) is 95.9 cm³/mol. The van der Waals surface area contributed by atoms with Crippen LogP contribution in [0, 0.1) is 11.8 Å². The van der Waals surface area contributed by atoms with E-state index in [1.165, 1.54) is 25.7 Å². The quantitative estimate of drug-likeness (QED) is 0.772. The van der Waals surface area contributed by atoms with Gasteiger partial charge in [0.2, 0.25) is 5.91 Å². The molecule has 2 fully saturated rings. The van der Waals surface area contributed by atoms with Crippen LogP contribution in [0.1, 0.15) is 37.8 Å². The van der Waals surface area contributed by atoms with E-state index in [2.05, 4.69) is 4.98 Å². The van der Waals surface area contributed by atoms with Crippen LogP contribution in [0.3, 0.4) is 0 Å². The topological polar surface area (TPSA) is 37.6 Å². The molecule has 126 valence electrons. The molecule has 0 aromatic carbocycles. The van der Waals surface area contributed by atoms with Gasteiger partial charge in [0.25, 0.3) is 0 Å². The number of hydrogen-bond donors (Lipinski definition) is 0. The van der Waals surface area contributed by atoms with E-state index in [1.807, 2.05) is 33.7 Å². The Morgan fingerprint density at radius 2 is 2.04 bits per heavy atom. The molecule has 1 aliphatic heterocycles. The van der Waals surface area contributed by atoms with Crippen molar-refractivity contribution in [1.29, 1.82) is 0 Å². The van der Waals surface area contributed by atoms with Crippen LogP contribution in [0.4, 0.5) is 0 Å². The van der Waals surface area contributed by atoms with Gasteiger partial charge in [-0.1, -0.05) is 36.9 Å². The van der Waals surface area contributed by atoms with Crippen LogP contribution in [-0.2, 0) is 4.79 Å². The molecule has 0 unspecified atom stereocenters. The minimum atomic E-state index is 0.0842. The van der Waals surface area contributed by atoms with Crippen molar-refractivity contribution in [2.45, 2.75) is 32.1 Å². The van der Waals surface area contributed by atoms with Gasteiger partial charge < -0.3 is 4.90 Å². The van der Waals surface area contributed by atoms with E-state index < -0.39 is 0 Å². The van der Waals surface area contributed by atoms with Crippen LogP contribution in [0.5, 0.6) is 0 Å². The van der Waals surface area contributed by atoms with Gasteiger partial charge in [-0.05, 0) is 42.9 Å². The molecule has 2 aromatic rings. The lowest BCUT2D eigenvalue weighted by Crippen LogP contribution is -2.44. The minimum Gasteiger partial charge on any atom is -0.339 e. The number of piperidine rings is 1. The number of likely N-dealkylation sites (tertiary alicyclic amines) is 1. The number of amides is 1. The molecule has 1 saturated heterocycles. The number of imidazole rings is 1. The van der Waals surface area contributed by atoms with Gasteiger partial charge in [-0.3, -0.25) is 9.20 Å². The molecule has 4 rings (SSSR count). The summed E-state index contributed by atoms with van der Waals surface area (Å²) in [6.45, 7) is 1.79. The minimum absolute atomic E-state index is 0.0842. The second-order valence-corrected chi connectivity index (χ2v) is 7.29. The first kappa shape index (κ1) is 15.7. The summed E-state index contributed by atoms with van der Waals surface area (Å²) in [5.41, 5.74) is 1.55. The maximum atomic E-state index is 12.6. The second kappa shape index (κ2) is 6.60. The molecule has 0 N–H and O–H groups in total. The number of fused-ring (bicyclic) bond motifs is 2. The zero-order valence-electron chi connectivity index (χ0n) is 13.7. The lowest BCUT2D eigenvalue weighted by Gasteiger charge is -2.41. The molecule has 5 heteroatoms. The lowest BCUT2D eigenvalue weighted by molar-refractivity contribution is -0.128. The molecule has 0 spiro atoms. The van der Waals surface area contributed by atoms with Gasteiger partial charge >= 0.3 is 0 Å². The summed E-state index contributed by atoms with van der Waals surface area (Å²) in [6.07, 6.45) is 11.8. The molecule has 1 aliphatic carbocycles. The standard InChI is InChI=1S/C19H22ClN3O/c20-19-16(23-11-4-3-7-17(23)21-19)8-9-18(24)22-12-10-14-5-1-2-6-15(14)13-22/h3-4,7-9,11,14-15H,1-2,5-6,10,12-13H2/b9-8+/t14-,15-/m0/s1. The molecule has 2 aromatic heterocycles. The fraction of sp³-hybridized carbons (Fsp3) is 0.474. The van der Waals surface area contributed by atoms with Crippen molar-refractivity contribution in [3.63, 3.8) is 0 Å². The molecule has 0 bridgehead atoms. The maximum absolute atomic E-state index is 12.6. The fourth-order valence-corrected chi connectivity index (χ4v) is 4.43. The predicted octanol–water partition coefficient (Wildman–Crippen LogP) is 4.04. The number of aromatic nitrogens is 2. The number of nitrogens with zero attached hydrogens (tertiary/aromatic N) is 3. The smallest absolute Gasteiger partial charge is 0.246 e. The molecule has 2 aliphatic rings. The van der Waals surface area contributed by atoms with E-state index >= 15 is 0 Å². The summed E-state index contributed by atoms with van der Waals surface area (Å²) >= 11 is 6.22. The summed E-state index contributed by atoms with van der Waals surface area (Å²) < 4.78 is 1.90. The van der Waals surface area contributed by atoms with Crippen LogP contribution in [0.2, 0.25) is 5.15 Å². The Morgan fingerprint density at radius 3 is 2.92 bits per heavy atom. The van der Waals surface area contributed by atoms with E-state index in [9.17, 15) is 4.79 Å². The molecule has 2 atom stereocenters. The number of hydrogen-bond acceptors (Lipinski definition) is 2. The first-order valence-electron chi connectivity index (χ1n) is 8.82. The number of halogens is 1. The number of pyridine rings is 1. The van der Waals surface area contributed by atoms with E-state index in [1.54, 1.807) is 12.2 Å². The fourth-order valence-electron chi connectivity index (χ4n) is 4.19. The highest BCUT2D eigenvalue weighted by Crippen LogP contribution is 2.36. The summed E-state index contributed by atoms with van der Waals surface area (Å²) in [5, 5.41) is 0.427. The average molecular weight is 344 g/mol. The normalized spacial score (nSPS) is 24.5. The van der Waals surface area contributed by atoms with Crippen molar-refractivity contribution < 1.29 is 4.79 Å². The highest BCUT2D eigenvalue weighted by atomic mass is 35.5. The van der Waals surface area contributed by atoms with Crippen LogP contribution in [0.25, 0.3) is 11.7 Å². The third-order valence-corrected chi connectivity index (χ3v) is 5.79. The van der Waals surface area contributed by atoms with E-state index in [0.29, 0.717) is 11.1 Å². The van der Waals surface area contributed by atoms with E-state index in [-0.39, 0.29) is 5.91 Å². The molecule has 4 nitrogen and oxygen atoms in total. The number of carbonyl (C=O) groups is 1. The molecule has 1 amide bonds. The molecular weight excluding hydrogens is 322 g/mol. The Balaban J connectivity index is 1.49. The Labute approximate surface area is 147 Å². The van der Waals surface area contributed by atoms with Gasteiger partial charge in [-0.15, -0.1) is 0 Å². The van der Waals surface area contributed by atoms with Crippen molar-refractivity contribution in [2.24, 2.45) is 11.8 Å². The summed E-state index contributed by atoms with van der Waals surface area (Å²) in [5.74, 6) is 1.62. The first-order valence-corrected chi connectivity index (χ1v) is 9.20. The van der Waals surface area contributed by atoms with E-state index in [0.717, 1.165) is 36.8 Å². The largest absolute Gasteiger partial charge is 0.339 e. The Hall–Kier alpha value is -1.81.